The van der Waals surface area contributed by atoms with E-state index in [0.29, 0.717) is 13.2 Å². The predicted octanol–water partition coefficient (Wildman–Crippen LogP) is -2.30. The quantitative estimate of drug-likeness (QED) is 0.462. The minimum Gasteiger partial charge on any atom is -0.368 e. The number of carbonyl (C=O) groups is 2. The molecule has 0 aromatic rings. The lowest BCUT2D eigenvalue weighted by molar-refractivity contribution is -0.138. The fraction of sp³-hybridized carbons (Fsp3) is 0.714. The molecule has 1 rings (SSSR count). The van der Waals surface area contributed by atoms with E-state index in [9.17, 15) is 9.59 Å². The summed E-state index contributed by atoms with van der Waals surface area (Å²) in [5, 5.41) is 2.60. The number of morpholine rings is 1. The zero-order valence-corrected chi connectivity index (χ0v) is 7.16. The van der Waals surface area contributed by atoms with E-state index in [2.05, 4.69) is 5.32 Å². The van der Waals surface area contributed by atoms with Crippen molar-refractivity contribution in [3.05, 3.63) is 0 Å². The van der Waals surface area contributed by atoms with E-state index < -0.39 is 18.1 Å². The number of nitrogens with one attached hydrogen (secondary N) is 1. The maximum Gasteiger partial charge on any atom is 0.249 e. The Morgan fingerprint density at radius 1 is 1.77 bits per heavy atom. The van der Waals surface area contributed by atoms with E-state index in [-0.39, 0.29) is 12.3 Å². The summed E-state index contributed by atoms with van der Waals surface area (Å²) >= 11 is 0. The van der Waals surface area contributed by atoms with Crippen LogP contribution >= 0.6 is 0 Å². The number of ether oxygens (including phenoxy) is 1. The highest BCUT2D eigenvalue weighted by atomic mass is 16.5. The van der Waals surface area contributed by atoms with Gasteiger partial charge >= 0.3 is 0 Å². The second kappa shape index (κ2) is 4.20. The van der Waals surface area contributed by atoms with Crippen LogP contribution in [0.1, 0.15) is 6.42 Å². The van der Waals surface area contributed by atoms with Gasteiger partial charge in [-0.1, -0.05) is 0 Å². The molecule has 6 nitrogen and oxygen atoms in total. The van der Waals surface area contributed by atoms with Crippen molar-refractivity contribution in [2.24, 2.45) is 11.5 Å². The van der Waals surface area contributed by atoms with Crippen molar-refractivity contribution < 1.29 is 14.3 Å². The van der Waals surface area contributed by atoms with E-state index in [0.717, 1.165) is 0 Å². The molecule has 0 spiro atoms. The van der Waals surface area contributed by atoms with Crippen LogP contribution in [-0.4, -0.2) is 37.1 Å². The molecule has 13 heavy (non-hydrogen) atoms. The second-order valence-corrected chi connectivity index (χ2v) is 2.90. The number of hydrogen-bond acceptors (Lipinski definition) is 4. The summed E-state index contributed by atoms with van der Waals surface area (Å²) < 4.78 is 5.11. The number of nitrogens with two attached hydrogens (primary N) is 2. The first-order valence-corrected chi connectivity index (χ1v) is 4.05. The summed E-state index contributed by atoms with van der Waals surface area (Å²) in [5.41, 5.74) is 10.3. The average molecular weight is 187 g/mol. The van der Waals surface area contributed by atoms with Crippen molar-refractivity contribution in [3.8, 4) is 0 Å². The Kier molecular flexibility index (Phi) is 3.21. The van der Waals surface area contributed by atoms with Crippen molar-refractivity contribution in [3.63, 3.8) is 0 Å². The van der Waals surface area contributed by atoms with Crippen molar-refractivity contribution in [2.75, 3.05) is 13.2 Å². The third kappa shape index (κ3) is 2.67. The molecule has 2 amide bonds. The SMILES string of the molecule is NC(=O)[C@@H](N)C[C@@H]1OCCNC1=O. The van der Waals surface area contributed by atoms with Gasteiger partial charge in [-0.15, -0.1) is 0 Å². The Morgan fingerprint density at radius 3 is 3.00 bits per heavy atom. The predicted molar refractivity (Wildman–Crippen MR) is 44.5 cm³/mol. The van der Waals surface area contributed by atoms with Gasteiger partial charge in [-0.2, -0.15) is 0 Å². The lowest BCUT2D eigenvalue weighted by Gasteiger charge is -2.23. The van der Waals surface area contributed by atoms with Crippen LogP contribution < -0.4 is 16.8 Å². The van der Waals surface area contributed by atoms with Crippen molar-refractivity contribution in [1.82, 2.24) is 5.32 Å². The Bertz CT molecular complexity index is 219. The summed E-state index contributed by atoms with van der Waals surface area (Å²) in [6.07, 6.45) is -0.502. The molecule has 1 fully saturated rings. The fourth-order valence-corrected chi connectivity index (χ4v) is 1.09. The summed E-state index contributed by atoms with van der Waals surface area (Å²) in [4.78, 5) is 21.7. The minimum atomic E-state index is -0.825. The number of carbonyl (C=O) groups excluding carboxylic acids is 2. The van der Waals surface area contributed by atoms with Gasteiger partial charge in [0.2, 0.25) is 11.8 Å². The van der Waals surface area contributed by atoms with Crippen molar-refractivity contribution in [2.45, 2.75) is 18.6 Å². The van der Waals surface area contributed by atoms with Crippen LogP contribution in [0.3, 0.4) is 0 Å². The lowest BCUT2D eigenvalue weighted by Crippen LogP contribution is -2.49. The van der Waals surface area contributed by atoms with Gasteiger partial charge in [-0.25, -0.2) is 0 Å². The van der Waals surface area contributed by atoms with Gasteiger partial charge in [-0.05, 0) is 0 Å². The van der Waals surface area contributed by atoms with Crippen LogP contribution in [0.4, 0.5) is 0 Å². The topological polar surface area (TPSA) is 107 Å². The number of hydrogen-bond donors (Lipinski definition) is 3. The highest BCUT2D eigenvalue weighted by Gasteiger charge is 2.26. The van der Waals surface area contributed by atoms with E-state index in [1.54, 1.807) is 0 Å². The molecule has 1 heterocycles. The van der Waals surface area contributed by atoms with E-state index in [4.69, 9.17) is 16.2 Å². The first-order chi connectivity index (χ1) is 6.11. The molecule has 0 aromatic carbocycles. The molecule has 1 aliphatic rings. The number of amides is 2. The lowest BCUT2D eigenvalue weighted by atomic mass is 10.1. The summed E-state index contributed by atoms with van der Waals surface area (Å²) in [6.45, 7) is 0.947. The maximum atomic E-state index is 11.1. The maximum absolute atomic E-state index is 11.1. The first kappa shape index (κ1) is 9.94. The molecular weight excluding hydrogens is 174 g/mol. The molecule has 2 atom stereocenters. The second-order valence-electron chi connectivity index (χ2n) is 2.90. The van der Waals surface area contributed by atoms with Gasteiger partial charge in [0.05, 0.1) is 12.6 Å². The molecule has 1 aliphatic heterocycles. The standard InChI is InChI=1S/C7H13N3O3/c8-4(6(9)11)3-5-7(12)10-1-2-13-5/h4-5H,1-3,8H2,(H2,9,11)(H,10,12)/t4-,5-/m0/s1. The largest absolute Gasteiger partial charge is 0.368 e. The number of primary amides is 1. The van der Waals surface area contributed by atoms with Gasteiger partial charge < -0.3 is 21.5 Å². The van der Waals surface area contributed by atoms with Crippen LogP contribution in [0, 0.1) is 0 Å². The Labute approximate surface area is 75.6 Å². The van der Waals surface area contributed by atoms with Crippen LogP contribution in [0.5, 0.6) is 0 Å². The van der Waals surface area contributed by atoms with Crippen LogP contribution in [0.2, 0.25) is 0 Å². The fourth-order valence-electron chi connectivity index (χ4n) is 1.09. The molecular formula is C7H13N3O3. The molecule has 5 N–H and O–H groups in total. The van der Waals surface area contributed by atoms with Gasteiger partial charge in [0.25, 0.3) is 0 Å². The van der Waals surface area contributed by atoms with Crippen LogP contribution in [0.15, 0.2) is 0 Å². The third-order valence-corrected chi connectivity index (χ3v) is 1.85. The van der Waals surface area contributed by atoms with Crippen LogP contribution in [0.25, 0.3) is 0 Å². The first-order valence-electron chi connectivity index (χ1n) is 4.05. The molecule has 6 heteroatoms. The van der Waals surface area contributed by atoms with Crippen molar-refractivity contribution in [1.29, 1.82) is 0 Å². The van der Waals surface area contributed by atoms with Gasteiger partial charge in [0.15, 0.2) is 0 Å². The minimum absolute atomic E-state index is 0.140. The van der Waals surface area contributed by atoms with E-state index in [1.165, 1.54) is 0 Å². The highest BCUT2D eigenvalue weighted by Crippen LogP contribution is 2.04. The molecule has 0 unspecified atom stereocenters. The number of rotatable bonds is 3. The van der Waals surface area contributed by atoms with Gasteiger partial charge in [0.1, 0.15) is 6.10 Å². The Hall–Kier alpha value is -1.14. The highest BCUT2D eigenvalue weighted by molar-refractivity contribution is 5.84. The summed E-state index contributed by atoms with van der Waals surface area (Å²) in [5.74, 6) is -0.857. The molecule has 0 aromatic heterocycles. The molecule has 1 saturated heterocycles. The van der Waals surface area contributed by atoms with Gasteiger partial charge in [-0.3, -0.25) is 9.59 Å². The zero-order valence-electron chi connectivity index (χ0n) is 7.16. The average Bonchev–Trinajstić information content (AvgIpc) is 2.08. The molecule has 0 saturated carbocycles. The van der Waals surface area contributed by atoms with E-state index in [1.807, 2.05) is 0 Å². The normalized spacial score (nSPS) is 25.0. The Balaban J connectivity index is 2.42. The van der Waals surface area contributed by atoms with Gasteiger partial charge in [0, 0.05) is 13.0 Å². The van der Waals surface area contributed by atoms with Crippen molar-refractivity contribution >= 4 is 11.8 Å². The summed E-state index contributed by atoms with van der Waals surface area (Å²) in [6, 6.07) is -0.825. The molecule has 0 bridgehead atoms. The van der Waals surface area contributed by atoms with Crippen LogP contribution in [-0.2, 0) is 14.3 Å². The molecule has 74 valence electrons. The third-order valence-electron chi connectivity index (χ3n) is 1.85. The smallest absolute Gasteiger partial charge is 0.249 e. The summed E-state index contributed by atoms with van der Waals surface area (Å²) in [7, 11) is 0. The molecule has 0 radical (unpaired) electrons. The Morgan fingerprint density at radius 2 is 2.46 bits per heavy atom. The van der Waals surface area contributed by atoms with E-state index >= 15 is 0 Å². The zero-order chi connectivity index (χ0) is 9.84. The monoisotopic (exact) mass is 187 g/mol. The molecule has 0 aliphatic carbocycles.